The molecule has 0 amide bonds. The van der Waals surface area contributed by atoms with Crippen molar-refractivity contribution in [2.24, 2.45) is 5.84 Å². The molecular formula is C8H13ClN4O. The molecule has 0 saturated heterocycles. The van der Waals surface area contributed by atoms with E-state index in [4.69, 9.17) is 27.9 Å². The summed E-state index contributed by atoms with van der Waals surface area (Å²) in [6, 6.07) is 1.51. The van der Waals surface area contributed by atoms with Gasteiger partial charge in [-0.15, -0.1) is 0 Å². The fourth-order valence-corrected chi connectivity index (χ4v) is 1.31. The van der Waals surface area contributed by atoms with Crippen LogP contribution in [0.2, 0.25) is 5.02 Å². The molecule has 0 fully saturated rings. The van der Waals surface area contributed by atoms with E-state index in [0.717, 1.165) is 5.56 Å². The maximum absolute atomic E-state index is 5.79. The number of hydrogen-bond donors (Lipinski definition) is 3. The molecule has 1 rings (SSSR count). The highest BCUT2D eigenvalue weighted by Gasteiger charge is 2.13. The molecule has 78 valence electrons. The minimum atomic E-state index is -0.203. The SMILES string of the molecule is COCC(NN)c1cc(Cl)cnc1N. The van der Waals surface area contributed by atoms with Crippen LogP contribution in [-0.2, 0) is 4.74 Å². The Morgan fingerprint density at radius 1 is 1.71 bits per heavy atom. The van der Waals surface area contributed by atoms with E-state index in [-0.39, 0.29) is 6.04 Å². The van der Waals surface area contributed by atoms with Gasteiger partial charge in [0.05, 0.1) is 17.7 Å². The molecule has 0 aliphatic carbocycles. The predicted molar refractivity (Wildman–Crippen MR) is 55.6 cm³/mol. The monoisotopic (exact) mass is 216 g/mol. The first-order valence-corrected chi connectivity index (χ1v) is 4.42. The number of nitrogens with one attached hydrogen (secondary N) is 1. The number of nitrogens with two attached hydrogens (primary N) is 2. The summed E-state index contributed by atoms with van der Waals surface area (Å²) in [5.41, 5.74) is 9.00. The van der Waals surface area contributed by atoms with Crippen LogP contribution in [0.5, 0.6) is 0 Å². The van der Waals surface area contributed by atoms with Gasteiger partial charge in [-0.1, -0.05) is 11.6 Å². The maximum atomic E-state index is 5.79. The fraction of sp³-hybridized carbons (Fsp3) is 0.375. The van der Waals surface area contributed by atoms with Gasteiger partial charge in [0.15, 0.2) is 0 Å². The average Bonchev–Trinajstić information content (AvgIpc) is 2.18. The standard InChI is InChI=1S/C8H13ClN4O/c1-14-4-7(13-11)6-2-5(9)3-12-8(6)10/h2-3,7,13H,4,11H2,1H3,(H2,10,12). The summed E-state index contributed by atoms with van der Waals surface area (Å²) in [6.45, 7) is 0.405. The summed E-state index contributed by atoms with van der Waals surface area (Å²) in [7, 11) is 1.58. The molecule has 1 aromatic rings. The zero-order valence-corrected chi connectivity index (χ0v) is 8.58. The second kappa shape index (κ2) is 5.11. The topological polar surface area (TPSA) is 86.2 Å². The summed E-state index contributed by atoms with van der Waals surface area (Å²) >= 11 is 5.79. The average molecular weight is 217 g/mol. The molecule has 0 radical (unpaired) electrons. The van der Waals surface area contributed by atoms with Crippen molar-refractivity contribution in [3.05, 3.63) is 22.8 Å². The van der Waals surface area contributed by atoms with Gasteiger partial charge >= 0.3 is 0 Å². The predicted octanol–water partition coefficient (Wildman–Crippen LogP) is 0.468. The Labute approximate surface area is 87.4 Å². The lowest BCUT2D eigenvalue weighted by molar-refractivity contribution is 0.167. The first-order chi connectivity index (χ1) is 6.69. The molecule has 0 bridgehead atoms. The molecule has 0 aromatic carbocycles. The third-order valence-corrected chi connectivity index (χ3v) is 2.03. The van der Waals surface area contributed by atoms with Gasteiger partial charge in [-0.25, -0.2) is 4.98 Å². The molecule has 1 aromatic heterocycles. The molecule has 0 aliphatic heterocycles. The van der Waals surface area contributed by atoms with Crippen molar-refractivity contribution in [3.63, 3.8) is 0 Å². The summed E-state index contributed by atoms with van der Waals surface area (Å²) in [4.78, 5) is 3.92. The highest BCUT2D eigenvalue weighted by molar-refractivity contribution is 6.30. The number of hydrazine groups is 1. The number of rotatable bonds is 4. The van der Waals surface area contributed by atoms with Crippen LogP contribution in [-0.4, -0.2) is 18.7 Å². The van der Waals surface area contributed by atoms with Crippen LogP contribution >= 0.6 is 11.6 Å². The van der Waals surface area contributed by atoms with E-state index >= 15 is 0 Å². The normalized spacial score (nSPS) is 12.8. The largest absolute Gasteiger partial charge is 0.383 e. The zero-order chi connectivity index (χ0) is 10.6. The third kappa shape index (κ3) is 2.55. The van der Waals surface area contributed by atoms with Crippen molar-refractivity contribution >= 4 is 17.4 Å². The number of hydrogen-bond acceptors (Lipinski definition) is 5. The van der Waals surface area contributed by atoms with E-state index in [1.54, 1.807) is 13.2 Å². The highest BCUT2D eigenvalue weighted by atomic mass is 35.5. The second-order valence-corrected chi connectivity index (χ2v) is 3.24. The van der Waals surface area contributed by atoms with Crippen molar-refractivity contribution in [2.45, 2.75) is 6.04 Å². The summed E-state index contributed by atoms with van der Waals surface area (Å²) in [5, 5.41) is 0.519. The Kier molecular flexibility index (Phi) is 4.09. The van der Waals surface area contributed by atoms with Gasteiger partial charge in [-0.2, -0.15) is 0 Å². The van der Waals surface area contributed by atoms with E-state index in [1.165, 1.54) is 6.20 Å². The highest BCUT2D eigenvalue weighted by Crippen LogP contribution is 2.21. The van der Waals surface area contributed by atoms with Crippen molar-refractivity contribution in [1.29, 1.82) is 0 Å². The van der Waals surface area contributed by atoms with E-state index in [9.17, 15) is 0 Å². The number of nitrogen functional groups attached to an aromatic ring is 1. The number of pyridine rings is 1. The molecule has 14 heavy (non-hydrogen) atoms. The number of anilines is 1. The first kappa shape index (κ1) is 11.2. The van der Waals surface area contributed by atoms with Gasteiger partial charge in [0.1, 0.15) is 5.82 Å². The summed E-state index contributed by atoms with van der Waals surface area (Å²) in [5.74, 6) is 5.75. The van der Waals surface area contributed by atoms with Crippen molar-refractivity contribution < 1.29 is 4.74 Å². The number of halogens is 1. The Hall–Kier alpha value is -0.880. The lowest BCUT2D eigenvalue weighted by atomic mass is 10.1. The molecule has 1 unspecified atom stereocenters. The first-order valence-electron chi connectivity index (χ1n) is 4.05. The van der Waals surface area contributed by atoms with Crippen LogP contribution in [0, 0.1) is 0 Å². The van der Waals surface area contributed by atoms with Crippen molar-refractivity contribution in [2.75, 3.05) is 19.5 Å². The van der Waals surface area contributed by atoms with Crippen LogP contribution in [0.25, 0.3) is 0 Å². The number of methoxy groups -OCH3 is 1. The smallest absolute Gasteiger partial charge is 0.128 e. The van der Waals surface area contributed by atoms with Crippen LogP contribution in [0.4, 0.5) is 5.82 Å². The number of aromatic nitrogens is 1. The molecule has 0 saturated carbocycles. The molecule has 1 heterocycles. The van der Waals surface area contributed by atoms with Crippen LogP contribution in [0.3, 0.4) is 0 Å². The minimum absolute atomic E-state index is 0.203. The molecule has 6 heteroatoms. The van der Waals surface area contributed by atoms with Gasteiger partial charge in [0.25, 0.3) is 0 Å². The van der Waals surface area contributed by atoms with E-state index in [2.05, 4.69) is 10.4 Å². The van der Waals surface area contributed by atoms with E-state index in [0.29, 0.717) is 17.4 Å². The Balaban J connectivity index is 2.96. The quantitative estimate of drug-likeness (QED) is 0.503. The van der Waals surface area contributed by atoms with Gasteiger partial charge in [-0.05, 0) is 6.07 Å². The van der Waals surface area contributed by atoms with Crippen LogP contribution in [0.15, 0.2) is 12.3 Å². The second-order valence-electron chi connectivity index (χ2n) is 2.80. The minimum Gasteiger partial charge on any atom is -0.383 e. The Morgan fingerprint density at radius 2 is 2.43 bits per heavy atom. The van der Waals surface area contributed by atoms with Crippen LogP contribution < -0.4 is 17.0 Å². The number of ether oxygens (including phenoxy) is 1. The van der Waals surface area contributed by atoms with Gasteiger partial charge in [0, 0.05) is 18.9 Å². The van der Waals surface area contributed by atoms with Gasteiger partial charge < -0.3 is 10.5 Å². The lowest BCUT2D eigenvalue weighted by Crippen LogP contribution is -2.31. The fourth-order valence-electron chi connectivity index (χ4n) is 1.14. The molecule has 1 atom stereocenters. The van der Waals surface area contributed by atoms with Gasteiger partial charge in [-0.3, -0.25) is 11.3 Å². The van der Waals surface area contributed by atoms with E-state index in [1.807, 2.05) is 0 Å². The Morgan fingerprint density at radius 3 is 3.00 bits per heavy atom. The van der Waals surface area contributed by atoms with Gasteiger partial charge in [0.2, 0.25) is 0 Å². The van der Waals surface area contributed by atoms with Crippen molar-refractivity contribution in [1.82, 2.24) is 10.4 Å². The zero-order valence-electron chi connectivity index (χ0n) is 7.83. The molecular weight excluding hydrogens is 204 g/mol. The van der Waals surface area contributed by atoms with Crippen LogP contribution in [0.1, 0.15) is 11.6 Å². The summed E-state index contributed by atoms with van der Waals surface area (Å²) < 4.78 is 4.98. The van der Waals surface area contributed by atoms with Crippen molar-refractivity contribution in [3.8, 4) is 0 Å². The molecule has 0 spiro atoms. The molecule has 5 N–H and O–H groups in total. The number of nitrogens with zero attached hydrogens (tertiary/aromatic N) is 1. The van der Waals surface area contributed by atoms with E-state index < -0.39 is 0 Å². The lowest BCUT2D eigenvalue weighted by Gasteiger charge is -2.16. The Bertz CT molecular complexity index is 307. The molecule has 5 nitrogen and oxygen atoms in total. The third-order valence-electron chi connectivity index (χ3n) is 1.83. The summed E-state index contributed by atoms with van der Waals surface area (Å²) in [6.07, 6.45) is 1.49. The molecule has 0 aliphatic rings. The maximum Gasteiger partial charge on any atom is 0.128 e.